The van der Waals surface area contributed by atoms with Gasteiger partial charge >= 0.3 is 0 Å². The van der Waals surface area contributed by atoms with Crippen LogP contribution in [-0.4, -0.2) is 20.1 Å². The molecule has 4 nitrogen and oxygen atoms in total. The van der Waals surface area contributed by atoms with Crippen LogP contribution in [0.4, 0.5) is 4.39 Å². The molecule has 1 aromatic heterocycles. The van der Waals surface area contributed by atoms with Gasteiger partial charge in [0.1, 0.15) is 10.0 Å². The van der Waals surface area contributed by atoms with Gasteiger partial charge in [0, 0.05) is 17.0 Å². The quantitative estimate of drug-likeness (QED) is 0.886. The molecule has 0 bridgehead atoms. The van der Waals surface area contributed by atoms with E-state index >= 15 is 0 Å². The molecule has 1 atom stereocenters. The second-order valence-electron chi connectivity index (χ2n) is 4.69. The van der Waals surface area contributed by atoms with Crippen LogP contribution in [0.15, 0.2) is 34.5 Å². The van der Waals surface area contributed by atoms with Crippen LogP contribution in [0.2, 0.25) is 0 Å². The Balaban J connectivity index is 2.10. The van der Waals surface area contributed by atoms with Crippen LogP contribution < -0.4 is 4.72 Å². The second kappa shape index (κ2) is 6.23. The summed E-state index contributed by atoms with van der Waals surface area (Å²) in [6.07, 6.45) is -1.23. The van der Waals surface area contributed by atoms with Crippen molar-refractivity contribution in [3.05, 3.63) is 52.2 Å². The molecule has 1 aromatic carbocycles. The maximum absolute atomic E-state index is 13.5. The molecule has 2 rings (SSSR count). The van der Waals surface area contributed by atoms with Crippen LogP contribution in [0.25, 0.3) is 0 Å². The van der Waals surface area contributed by atoms with Gasteiger partial charge in [-0.1, -0.05) is 18.2 Å². The average Bonchev–Trinajstić information content (AvgIpc) is 2.77. The highest BCUT2D eigenvalue weighted by Crippen LogP contribution is 2.25. The Bertz CT molecular complexity index is 721. The van der Waals surface area contributed by atoms with E-state index in [1.165, 1.54) is 29.5 Å². The van der Waals surface area contributed by atoms with Crippen molar-refractivity contribution < 1.29 is 17.9 Å². The first-order chi connectivity index (χ1) is 9.81. The van der Waals surface area contributed by atoms with Gasteiger partial charge in [-0.3, -0.25) is 0 Å². The molecule has 2 aromatic rings. The Labute approximate surface area is 127 Å². The van der Waals surface area contributed by atoms with Gasteiger partial charge in [0.15, 0.2) is 0 Å². The number of aliphatic hydroxyl groups is 1. The largest absolute Gasteiger partial charge is 0.387 e. The molecule has 114 valence electrons. The number of hydrogen-bond donors (Lipinski definition) is 2. The monoisotopic (exact) mass is 329 g/mol. The van der Waals surface area contributed by atoms with Gasteiger partial charge in [0.2, 0.25) is 10.0 Å². The van der Waals surface area contributed by atoms with Crippen LogP contribution in [0.5, 0.6) is 0 Å². The van der Waals surface area contributed by atoms with Crippen molar-refractivity contribution in [1.82, 2.24) is 4.72 Å². The number of nitrogens with one attached hydrogen (secondary N) is 1. The lowest BCUT2D eigenvalue weighted by molar-refractivity contribution is 0.177. The standard InChI is InChI=1S/C14H16FNO3S2/c1-9-7-14(20-10(9)2)21(18,19)16-8-13(17)11-5-3-4-6-12(11)15/h3-7,13,16-17H,8H2,1-2H3. The molecule has 0 aliphatic heterocycles. The maximum Gasteiger partial charge on any atom is 0.250 e. The van der Waals surface area contributed by atoms with E-state index in [2.05, 4.69) is 4.72 Å². The summed E-state index contributed by atoms with van der Waals surface area (Å²) in [4.78, 5) is 0.921. The molecule has 0 aliphatic rings. The lowest BCUT2D eigenvalue weighted by atomic mass is 10.1. The summed E-state index contributed by atoms with van der Waals surface area (Å²) in [6, 6.07) is 7.32. The smallest absolute Gasteiger partial charge is 0.250 e. The molecular weight excluding hydrogens is 313 g/mol. The molecular formula is C14H16FNO3S2. The number of aryl methyl sites for hydroxylation is 2. The molecule has 1 unspecified atom stereocenters. The maximum atomic E-state index is 13.5. The second-order valence-corrected chi connectivity index (χ2v) is 7.94. The minimum absolute atomic E-state index is 0.0683. The Hall–Kier alpha value is -1.28. The summed E-state index contributed by atoms with van der Waals surface area (Å²) in [5.41, 5.74) is 0.966. The molecule has 21 heavy (non-hydrogen) atoms. The van der Waals surface area contributed by atoms with Crippen molar-refractivity contribution in [2.75, 3.05) is 6.54 Å². The van der Waals surface area contributed by atoms with Crippen LogP contribution in [0.1, 0.15) is 22.1 Å². The minimum atomic E-state index is -3.69. The van der Waals surface area contributed by atoms with Crippen LogP contribution >= 0.6 is 11.3 Å². The number of benzene rings is 1. The summed E-state index contributed by atoms with van der Waals surface area (Å²) >= 11 is 1.17. The molecule has 0 saturated carbocycles. The van der Waals surface area contributed by atoms with Gasteiger partial charge in [-0.2, -0.15) is 0 Å². The molecule has 1 heterocycles. The van der Waals surface area contributed by atoms with Gasteiger partial charge in [-0.05, 0) is 31.5 Å². The number of sulfonamides is 1. The molecule has 2 N–H and O–H groups in total. The van der Waals surface area contributed by atoms with Crippen molar-refractivity contribution in [2.24, 2.45) is 0 Å². The minimum Gasteiger partial charge on any atom is -0.387 e. The molecule has 7 heteroatoms. The van der Waals surface area contributed by atoms with Crippen LogP contribution in [-0.2, 0) is 10.0 Å². The van der Waals surface area contributed by atoms with E-state index in [4.69, 9.17) is 0 Å². The lowest BCUT2D eigenvalue weighted by Crippen LogP contribution is -2.28. The third kappa shape index (κ3) is 3.68. The van der Waals surface area contributed by atoms with E-state index in [0.717, 1.165) is 10.4 Å². The normalized spacial score (nSPS) is 13.3. The molecule has 0 amide bonds. The Morgan fingerprint density at radius 3 is 2.57 bits per heavy atom. The highest BCUT2D eigenvalue weighted by molar-refractivity contribution is 7.91. The highest BCUT2D eigenvalue weighted by Gasteiger charge is 2.20. The molecule has 0 spiro atoms. The summed E-state index contributed by atoms with van der Waals surface area (Å²) in [5.74, 6) is -0.563. The van der Waals surface area contributed by atoms with Crippen molar-refractivity contribution in [2.45, 2.75) is 24.2 Å². The van der Waals surface area contributed by atoms with Crippen LogP contribution in [0.3, 0.4) is 0 Å². The highest BCUT2D eigenvalue weighted by atomic mass is 32.2. The van der Waals surface area contributed by atoms with E-state index in [9.17, 15) is 17.9 Å². The Morgan fingerprint density at radius 2 is 2.00 bits per heavy atom. The van der Waals surface area contributed by atoms with E-state index < -0.39 is 21.9 Å². The fourth-order valence-electron chi connectivity index (χ4n) is 1.79. The molecule has 0 radical (unpaired) electrons. The summed E-state index contributed by atoms with van der Waals surface area (Å²) in [5, 5.41) is 9.91. The third-order valence-corrected chi connectivity index (χ3v) is 6.19. The zero-order chi connectivity index (χ0) is 15.6. The molecule has 0 fully saturated rings. The van der Waals surface area contributed by atoms with Gasteiger partial charge in [0.05, 0.1) is 6.10 Å². The predicted octanol–water partition coefficient (Wildman–Crippen LogP) is 2.52. The average molecular weight is 329 g/mol. The first kappa shape index (κ1) is 16.1. The zero-order valence-electron chi connectivity index (χ0n) is 11.6. The number of aliphatic hydroxyl groups excluding tert-OH is 1. The SMILES string of the molecule is Cc1cc(S(=O)(=O)NCC(O)c2ccccc2F)sc1C. The lowest BCUT2D eigenvalue weighted by Gasteiger charge is -2.12. The summed E-state index contributed by atoms with van der Waals surface area (Å²) < 4.78 is 40.2. The van der Waals surface area contributed by atoms with Crippen molar-refractivity contribution in [1.29, 1.82) is 0 Å². The van der Waals surface area contributed by atoms with Crippen LogP contribution in [0, 0.1) is 19.7 Å². The van der Waals surface area contributed by atoms with Gasteiger partial charge in [-0.15, -0.1) is 11.3 Å². The molecule has 0 aliphatic carbocycles. The Morgan fingerprint density at radius 1 is 1.33 bits per heavy atom. The number of halogens is 1. The number of rotatable bonds is 5. The third-order valence-electron chi connectivity index (χ3n) is 3.14. The van der Waals surface area contributed by atoms with Gasteiger partial charge in [-0.25, -0.2) is 17.5 Å². The van der Waals surface area contributed by atoms with Gasteiger partial charge < -0.3 is 5.11 Å². The fourth-order valence-corrected chi connectivity index (χ4v) is 4.39. The predicted molar refractivity (Wildman–Crippen MR) is 80.3 cm³/mol. The zero-order valence-corrected chi connectivity index (χ0v) is 13.3. The van der Waals surface area contributed by atoms with E-state index in [0.29, 0.717) is 0 Å². The van der Waals surface area contributed by atoms with Crippen molar-refractivity contribution in [3.63, 3.8) is 0 Å². The number of thiophene rings is 1. The Kier molecular flexibility index (Phi) is 4.77. The van der Waals surface area contributed by atoms with Crippen molar-refractivity contribution in [3.8, 4) is 0 Å². The van der Waals surface area contributed by atoms with E-state index in [1.54, 1.807) is 12.1 Å². The first-order valence-corrected chi connectivity index (χ1v) is 8.60. The fraction of sp³-hybridized carbons (Fsp3) is 0.286. The van der Waals surface area contributed by atoms with E-state index in [-0.39, 0.29) is 16.3 Å². The van der Waals surface area contributed by atoms with Gasteiger partial charge in [0.25, 0.3) is 0 Å². The number of hydrogen-bond acceptors (Lipinski definition) is 4. The summed E-state index contributed by atoms with van der Waals surface area (Å²) in [7, 11) is -3.69. The molecule has 0 saturated heterocycles. The summed E-state index contributed by atoms with van der Waals surface area (Å²) in [6.45, 7) is 3.39. The van der Waals surface area contributed by atoms with E-state index in [1.807, 2.05) is 13.8 Å². The first-order valence-electron chi connectivity index (χ1n) is 6.30. The topological polar surface area (TPSA) is 66.4 Å². The van der Waals surface area contributed by atoms with Crippen molar-refractivity contribution >= 4 is 21.4 Å².